The number of carbonyl (C=O) groups is 1. The summed E-state index contributed by atoms with van der Waals surface area (Å²) in [6.07, 6.45) is 1.44. The van der Waals surface area contributed by atoms with Crippen molar-refractivity contribution in [3.63, 3.8) is 0 Å². The van der Waals surface area contributed by atoms with Gasteiger partial charge in [-0.15, -0.1) is 11.6 Å². The fraction of sp³-hybridized carbons (Fsp3) is 0.143. The first kappa shape index (κ1) is 13.4. The highest BCUT2D eigenvalue weighted by Gasteiger charge is 2.11. The van der Waals surface area contributed by atoms with E-state index in [4.69, 9.17) is 11.6 Å². The number of halogens is 1. The van der Waals surface area contributed by atoms with Gasteiger partial charge in [0.25, 0.3) is 5.91 Å². The lowest BCUT2D eigenvalue weighted by molar-refractivity contribution is 0.102. The SMILES string of the molecule is CC(Cl)c1ccccc1NC(=O)c1cc[nH]c(=O)c1. The summed E-state index contributed by atoms with van der Waals surface area (Å²) in [6.45, 7) is 1.83. The molecule has 1 aromatic heterocycles. The molecule has 5 heteroatoms. The second kappa shape index (κ2) is 5.71. The van der Waals surface area contributed by atoms with Crippen molar-refractivity contribution < 1.29 is 4.79 Å². The minimum absolute atomic E-state index is 0.212. The van der Waals surface area contributed by atoms with E-state index < -0.39 is 0 Å². The number of hydrogen-bond acceptors (Lipinski definition) is 2. The molecular weight excluding hydrogens is 264 g/mol. The second-order valence-corrected chi connectivity index (χ2v) is 4.75. The first-order valence-electron chi connectivity index (χ1n) is 5.81. The molecule has 2 N–H and O–H groups in total. The topological polar surface area (TPSA) is 62.0 Å². The summed E-state index contributed by atoms with van der Waals surface area (Å²) in [7, 11) is 0. The van der Waals surface area contributed by atoms with Crippen molar-refractivity contribution in [3.05, 3.63) is 64.1 Å². The summed E-state index contributed by atoms with van der Waals surface area (Å²) in [5.41, 5.74) is 1.48. The molecule has 0 fully saturated rings. The van der Waals surface area contributed by atoms with Crippen LogP contribution in [-0.4, -0.2) is 10.9 Å². The molecule has 1 unspecified atom stereocenters. The van der Waals surface area contributed by atoms with Gasteiger partial charge in [0.05, 0.1) is 5.38 Å². The molecule has 98 valence electrons. The third-order valence-electron chi connectivity index (χ3n) is 2.67. The van der Waals surface area contributed by atoms with Gasteiger partial charge in [-0.2, -0.15) is 0 Å². The van der Waals surface area contributed by atoms with Gasteiger partial charge >= 0.3 is 0 Å². The molecule has 1 amide bonds. The van der Waals surface area contributed by atoms with E-state index in [0.717, 1.165) is 5.56 Å². The van der Waals surface area contributed by atoms with Gasteiger partial charge in [-0.3, -0.25) is 9.59 Å². The van der Waals surface area contributed by atoms with E-state index >= 15 is 0 Å². The third-order valence-corrected chi connectivity index (χ3v) is 2.91. The van der Waals surface area contributed by atoms with Crippen molar-refractivity contribution in [3.8, 4) is 0 Å². The standard InChI is InChI=1S/C14H13ClN2O2/c1-9(15)11-4-2-3-5-12(11)17-14(19)10-6-7-16-13(18)8-10/h2-9H,1H3,(H,16,18)(H,17,19). The number of alkyl halides is 1. The Morgan fingerprint density at radius 3 is 2.74 bits per heavy atom. The number of para-hydroxylation sites is 1. The van der Waals surface area contributed by atoms with Gasteiger partial charge in [-0.1, -0.05) is 18.2 Å². The summed E-state index contributed by atoms with van der Waals surface area (Å²) >= 11 is 6.06. The Labute approximate surface area is 115 Å². The molecule has 0 saturated heterocycles. The number of H-pyrrole nitrogens is 1. The van der Waals surface area contributed by atoms with E-state index in [1.54, 1.807) is 12.1 Å². The van der Waals surface area contributed by atoms with Crippen molar-refractivity contribution in [2.24, 2.45) is 0 Å². The van der Waals surface area contributed by atoms with E-state index in [9.17, 15) is 9.59 Å². The van der Waals surface area contributed by atoms with Crippen LogP contribution in [0, 0.1) is 0 Å². The van der Waals surface area contributed by atoms with Crippen LogP contribution in [0.5, 0.6) is 0 Å². The molecule has 1 aromatic carbocycles. The van der Waals surface area contributed by atoms with E-state index in [0.29, 0.717) is 11.3 Å². The highest BCUT2D eigenvalue weighted by atomic mass is 35.5. The maximum Gasteiger partial charge on any atom is 0.255 e. The second-order valence-electron chi connectivity index (χ2n) is 4.10. The van der Waals surface area contributed by atoms with E-state index in [1.807, 2.05) is 25.1 Å². The Hall–Kier alpha value is -2.07. The van der Waals surface area contributed by atoms with Crippen molar-refractivity contribution in [2.45, 2.75) is 12.3 Å². The van der Waals surface area contributed by atoms with Crippen molar-refractivity contribution in [1.29, 1.82) is 0 Å². The number of anilines is 1. The van der Waals surface area contributed by atoms with Crippen LogP contribution >= 0.6 is 11.6 Å². The fourth-order valence-electron chi connectivity index (χ4n) is 1.74. The highest BCUT2D eigenvalue weighted by Crippen LogP contribution is 2.27. The summed E-state index contributed by atoms with van der Waals surface area (Å²) in [4.78, 5) is 25.7. The summed E-state index contributed by atoms with van der Waals surface area (Å²) in [6, 6.07) is 10.1. The molecule has 1 heterocycles. The molecule has 0 spiro atoms. The average Bonchev–Trinajstić information content (AvgIpc) is 2.39. The Kier molecular flexibility index (Phi) is 4.02. The highest BCUT2D eigenvalue weighted by molar-refractivity contribution is 6.21. The van der Waals surface area contributed by atoms with Crippen LogP contribution in [0.2, 0.25) is 0 Å². The maximum atomic E-state index is 12.0. The van der Waals surface area contributed by atoms with Gasteiger partial charge in [0.15, 0.2) is 0 Å². The zero-order chi connectivity index (χ0) is 13.8. The first-order chi connectivity index (χ1) is 9.08. The van der Waals surface area contributed by atoms with Crippen LogP contribution in [0.15, 0.2) is 47.4 Å². The van der Waals surface area contributed by atoms with E-state index in [2.05, 4.69) is 10.3 Å². The van der Waals surface area contributed by atoms with Crippen molar-refractivity contribution in [1.82, 2.24) is 4.98 Å². The normalized spacial score (nSPS) is 11.9. The van der Waals surface area contributed by atoms with Gasteiger partial charge in [0.2, 0.25) is 5.56 Å². The molecule has 0 aliphatic heterocycles. The number of benzene rings is 1. The third kappa shape index (κ3) is 3.23. The van der Waals surface area contributed by atoms with Crippen LogP contribution in [0.4, 0.5) is 5.69 Å². The predicted octanol–water partition coefficient (Wildman–Crippen LogP) is 2.93. The number of amides is 1. The Balaban J connectivity index is 2.27. The number of carbonyl (C=O) groups excluding carboxylic acids is 1. The smallest absolute Gasteiger partial charge is 0.255 e. The summed E-state index contributed by atoms with van der Waals surface area (Å²) in [5, 5.41) is 2.55. The number of nitrogens with one attached hydrogen (secondary N) is 2. The zero-order valence-corrected chi connectivity index (χ0v) is 11.1. The first-order valence-corrected chi connectivity index (χ1v) is 6.24. The van der Waals surface area contributed by atoms with Crippen LogP contribution < -0.4 is 10.9 Å². The number of hydrogen-bond donors (Lipinski definition) is 2. The van der Waals surface area contributed by atoms with Gasteiger partial charge in [0, 0.05) is 23.5 Å². The Bertz CT molecular complexity index is 650. The van der Waals surface area contributed by atoms with Gasteiger partial charge in [-0.25, -0.2) is 0 Å². The minimum Gasteiger partial charge on any atom is -0.329 e. The molecule has 0 aliphatic rings. The lowest BCUT2D eigenvalue weighted by atomic mass is 10.1. The molecule has 0 aliphatic carbocycles. The number of pyridine rings is 1. The molecule has 19 heavy (non-hydrogen) atoms. The molecule has 0 saturated carbocycles. The fourth-order valence-corrected chi connectivity index (χ4v) is 1.93. The van der Waals surface area contributed by atoms with Crippen LogP contribution in [0.1, 0.15) is 28.2 Å². The van der Waals surface area contributed by atoms with E-state index in [1.165, 1.54) is 12.3 Å². The average molecular weight is 277 g/mol. The Morgan fingerprint density at radius 2 is 2.05 bits per heavy atom. The lowest BCUT2D eigenvalue weighted by Gasteiger charge is -2.12. The summed E-state index contributed by atoms with van der Waals surface area (Å²) in [5.74, 6) is -0.337. The van der Waals surface area contributed by atoms with Gasteiger partial charge in [-0.05, 0) is 24.6 Å². The monoisotopic (exact) mass is 276 g/mol. The lowest BCUT2D eigenvalue weighted by Crippen LogP contribution is -2.16. The van der Waals surface area contributed by atoms with Gasteiger partial charge in [0.1, 0.15) is 0 Å². The van der Waals surface area contributed by atoms with Gasteiger partial charge < -0.3 is 10.3 Å². The zero-order valence-electron chi connectivity index (χ0n) is 10.3. The Morgan fingerprint density at radius 1 is 1.32 bits per heavy atom. The number of aromatic amines is 1. The van der Waals surface area contributed by atoms with Crippen LogP contribution in [0.3, 0.4) is 0 Å². The van der Waals surface area contributed by atoms with Crippen LogP contribution in [-0.2, 0) is 0 Å². The molecule has 4 nitrogen and oxygen atoms in total. The minimum atomic E-state index is -0.337. The quantitative estimate of drug-likeness (QED) is 0.847. The largest absolute Gasteiger partial charge is 0.329 e. The maximum absolute atomic E-state index is 12.0. The molecular formula is C14H13ClN2O2. The van der Waals surface area contributed by atoms with Crippen molar-refractivity contribution >= 4 is 23.2 Å². The molecule has 1 atom stereocenters. The molecule has 0 bridgehead atoms. The molecule has 0 radical (unpaired) electrons. The van der Waals surface area contributed by atoms with Crippen molar-refractivity contribution in [2.75, 3.05) is 5.32 Å². The summed E-state index contributed by atoms with van der Waals surface area (Å²) < 4.78 is 0. The molecule has 2 aromatic rings. The predicted molar refractivity (Wildman–Crippen MR) is 75.7 cm³/mol. The van der Waals surface area contributed by atoms with Crippen LogP contribution in [0.25, 0.3) is 0 Å². The van der Waals surface area contributed by atoms with E-state index in [-0.39, 0.29) is 16.8 Å². The number of rotatable bonds is 3. The molecule has 2 rings (SSSR count). The number of aromatic nitrogens is 1.